The summed E-state index contributed by atoms with van der Waals surface area (Å²) >= 11 is 6.92. The van der Waals surface area contributed by atoms with E-state index in [9.17, 15) is 4.79 Å². The Bertz CT molecular complexity index is 541. The molecule has 2 aromatic rings. The molecule has 2 rings (SSSR count). The number of ether oxygens (including phenoxy) is 1. The van der Waals surface area contributed by atoms with Crippen LogP contribution in [0, 0.1) is 0 Å². The van der Waals surface area contributed by atoms with E-state index in [1.165, 1.54) is 6.07 Å². The summed E-state index contributed by atoms with van der Waals surface area (Å²) in [5, 5.41) is 9.30. The van der Waals surface area contributed by atoms with Gasteiger partial charge in [-0.3, -0.25) is 0 Å². The zero-order chi connectivity index (χ0) is 12.3. The van der Waals surface area contributed by atoms with Crippen LogP contribution in [-0.2, 0) is 6.61 Å². The molecule has 0 amide bonds. The number of benzene rings is 1. The number of nitrogens with zero attached hydrogens (tertiary/aromatic N) is 1. The predicted molar refractivity (Wildman–Crippen MR) is 64.9 cm³/mol. The first-order valence-corrected chi connectivity index (χ1v) is 5.87. The Labute approximate surface area is 107 Å². The maximum Gasteiger partial charge on any atom is 0.355 e. The molecule has 88 valence electrons. The van der Waals surface area contributed by atoms with E-state index in [0.29, 0.717) is 10.8 Å². The molecule has 0 unspecified atom stereocenters. The van der Waals surface area contributed by atoms with Crippen LogP contribution in [0.3, 0.4) is 0 Å². The number of aromatic carboxylic acids is 1. The first-order chi connectivity index (χ1) is 8.15. The lowest BCUT2D eigenvalue weighted by molar-refractivity contribution is 0.0692. The molecular formula is C11H8ClNO3S. The molecular weight excluding hydrogens is 262 g/mol. The van der Waals surface area contributed by atoms with E-state index in [2.05, 4.69) is 4.37 Å². The third kappa shape index (κ3) is 3.18. The first kappa shape index (κ1) is 11.9. The second-order valence-electron chi connectivity index (χ2n) is 3.23. The van der Waals surface area contributed by atoms with E-state index in [0.717, 1.165) is 16.4 Å². The Morgan fingerprint density at radius 3 is 2.94 bits per heavy atom. The van der Waals surface area contributed by atoms with Crippen LogP contribution in [0.4, 0.5) is 0 Å². The van der Waals surface area contributed by atoms with Crippen molar-refractivity contribution in [3.63, 3.8) is 0 Å². The van der Waals surface area contributed by atoms with Crippen molar-refractivity contribution in [3.05, 3.63) is 45.9 Å². The van der Waals surface area contributed by atoms with Gasteiger partial charge in [0.2, 0.25) is 0 Å². The topological polar surface area (TPSA) is 59.4 Å². The summed E-state index contributed by atoms with van der Waals surface area (Å²) < 4.78 is 9.24. The minimum atomic E-state index is -1.03. The van der Waals surface area contributed by atoms with E-state index in [4.69, 9.17) is 21.4 Å². The van der Waals surface area contributed by atoms with Crippen molar-refractivity contribution in [2.45, 2.75) is 6.61 Å². The maximum atomic E-state index is 10.6. The summed E-state index contributed by atoms with van der Waals surface area (Å²) in [6, 6.07) is 8.51. The van der Waals surface area contributed by atoms with Crippen LogP contribution in [0.15, 0.2) is 30.3 Å². The zero-order valence-electron chi connectivity index (χ0n) is 8.59. The lowest BCUT2D eigenvalue weighted by Crippen LogP contribution is -1.95. The monoisotopic (exact) mass is 269 g/mol. The van der Waals surface area contributed by atoms with Crippen molar-refractivity contribution in [1.29, 1.82) is 0 Å². The minimum absolute atomic E-state index is 0.0414. The summed E-state index contributed by atoms with van der Waals surface area (Å²) in [6.07, 6.45) is 0. The number of carboxylic acids is 1. The van der Waals surface area contributed by atoms with Crippen LogP contribution in [0.1, 0.15) is 15.4 Å². The molecule has 0 aliphatic carbocycles. The summed E-state index contributed by atoms with van der Waals surface area (Å²) in [4.78, 5) is 11.4. The van der Waals surface area contributed by atoms with Gasteiger partial charge in [0.1, 0.15) is 12.4 Å². The van der Waals surface area contributed by atoms with Gasteiger partial charge in [0.25, 0.3) is 0 Å². The fraction of sp³-hybridized carbons (Fsp3) is 0.0909. The Morgan fingerprint density at radius 2 is 2.29 bits per heavy atom. The van der Waals surface area contributed by atoms with Gasteiger partial charge in [0.05, 0.1) is 4.88 Å². The standard InChI is InChI=1S/C11H8ClNO3S/c12-7-2-1-3-8(4-7)16-6-9-5-10(11(14)15)13-17-9/h1-5H,6H2,(H,14,15). The smallest absolute Gasteiger partial charge is 0.355 e. The average Bonchev–Trinajstić information content (AvgIpc) is 2.75. The molecule has 0 spiro atoms. The minimum Gasteiger partial charge on any atom is -0.488 e. The number of aromatic nitrogens is 1. The van der Waals surface area contributed by atoms with Crippen molar-refractivity contribution in [3.8, 4) is 5.75 Å². The molecule has 0 saturated carbocycles. The van der Waals surface area contributed by atoms with Gasteiger partial charge in [-0.05, 0) is 35.8 Å². The van der Waals surface area contributed by atoms with Crippen LogP contribution >= 0.6 is 23.1 Å². The van der Waals surface area contributed by atoms with Crippen LogP contribution in [0.25, 0.3) is 0 Å². The van der Waals surface area contributed by atoms with Crippen molar-refractivity contribution in [2.75, 3.05) is 0 Å². The van der Waals surface area contributed by atoms with Gasteiger partial charge < -0.3 is 9.84 Å². The third-order valence-corrected chi connectivity index (χ3v) is 2.95. The van der Waals surface area contributed by atoms with Gasteiger partial charge >= 0.3 is 5.97 Å². The van der Waals surface area contributed by atoms with Gasteiger partial charge in [-0.25, -0.2) is 4.79 Å². The molecule has 1 heterocycles. The Kier molecular flexibility index (Phi) is 3.61. The average molecular weight is 270 g/mol. The van der Waals surface area contributed by atoms with Crippen LogP contribution in [0.2, 0.25) is 5.02 Å². The normalized spacial score (nSPS) is 10.2. The van der Waals surface area contributed by atoms with E-state index >= 15 is 0 Å². The van der Waals surface area contributed by atoms with Crippen LogP contribution in [-0.4, -0.2) is 15.4 Å². The quantitative estimate of drug-likeness (QED) is 0.927. The van der Waals surface area contributed by atoms with Crippen LogP contribution < -0.4 is 4.74 Å². The second kappa shape index (κ2) is 5.16. The fourth-order valence-corrected chi connectivity index (χ4v) is 2.00. The number of carbonyl (C=O) groups is 1. The summed E-state index contributed by atoms with van der Waals surface area (Å²) in [6.45, 7) is 0.283. The van der Waals surface area contributed by atoms with E-state index in [1.54, 1.807) is 24.3 Å². The highest BCUT2D eigenvalue weighted by Crippen LogP contribution is 2.19. The van der Waals surface area contributed by atoms with Crippen molar-refractivity contribution in [1.82, 2.24) is 4.37 Å². The van der Waals surface area contributed by atoms with Gasteiger partial charge in [-0.2, -0.15) is 4.37 Å². The first-order valence-electron chi connectivity index (χ1n) is 4.72. The molecule has 1 aromatic heterocycles. The fourth-order valence-electron chi connectivity index (χ4n) is 1.19. The molecule has 1 aromatic carbocycles. The third-order valence-electron chi connectivity index (χ3n) is 1.96. The molecule has 0 saturated heterocycles. The van der Waals surface area contributed by atoms with Gasteiger partial charge in [-0.1, -0.05) is 17.7 Å². The number of carboxylic acid groups (broad SMARTS) is 1. The van der Waals surface area contributed by atoms with Crippen LogP contribution in [0.5, 0.6) is 5.75 Å². The molecule has 0 aliphatic rings. The lowest BCUT2D eigenvalue weighted by atomic mass is 10.3. The molecule has 0 atom stereocenters. The highest BCUT2D eigenvalue weighted by molar-refractivity contribution is 7.05. The maximum absolute atomic E-state index is 10.6. The van der Waals surface area contributed by atoms with E-state index < -0.39 is 5.97 Å². The number of hydrogen-bond donors (Lipinski definition) is 1. The molecule has 0 radical (unpaired) electrons. The lowest BCUT2D eigenvalue weighted by Gasteiger charge is -2.03. The van der Waals surface area contributed by atoms with Crippen molar-refractivity contribution < 1.29 is 14.6 Å². The number of halogens is 1. The van der Waals surface area contributed by atoms with Crippen molar-refractivity contribution >= 4 is 29.1 Å². The van der Waals surface area contributed by atoms with Gasteiger partial charge in [-0.15, -0.1) is 0 Å². The summed E-state index contributed by atoms with van der Waals surface area (Å²) in [5.74, 6) is -0.391. The molecule has 0 bridgehead atoms. The van der Waals surface area contributed by atoms with E-state index in [-0.39, 0.29) is 12.3 Å². The highest BCUT2D eigenvalue weighted by atomic mass is 35.5. The molecule has 4 nitrogen and oxygen atoms in total. The SMILES string of the molecule is O=C(O)c1cc(COc2cccc(Cl)c2)sn1. The molecule has 1 N–H and O–H groups in total. The largest absolute Gasteiger partial charge is 0.488 e. The summed E-state index contributed by atoms with van der Waals surface area (Å²) in [5.41, 5.74) is 0.0414. The Hall–Kier alpha value is -1.59. The predicted octanol–water partition coefficient (Wildman–Crippen LogP) is 3.07. The molecule has 17 heavy (non-hydrogen) atoms. The Morgan fingerprint density at radius 1 is 1.47 bits per heavy atom. The summed E-state index contributed by atoms with van der Waals surface area (Å²) in [7, 11) is 0. The Balaban J connectivity index is 2.00. The molecule has 0 fully saturated rings. The highest BCUT2D eigenvalue weighted by Gasteiger charge is 2.08. The number of hydrogen-bond acceptors (Lipinski definition) is 4. The second-order valence-corrected chi connectivity index (χ2v) is 4.56. The van der Waals surface area contributed by atoms with Gasteiger partial charge in [0.15, 0.2) is 5.69 Å². The molecule has 0 aliphatic heterocycles. The number of rotatable bonds is 4. The zero-order valence-corrected chi connectivity index (χ0v) is 10.2. The van der Waals surface area contributed by atoms with Crippen molar-refractivity contribution in [2.24, 2.45) is 0 Å². The van der Waals surface area contributed by atoms with E-state index in [1.807, 2.05) is 0 Å². The van der Waals surface area contributed by atoms with Gasteiger partial charge in [0, 0.05) is 5.02 Å². The molecule has 6 heteroatoms.